The number of alkyl halides is 3. The summed E-state index contributed by atoms with van der Waals surface area (Å²) in [6.07, 6.45) is -3.48. The molecule has 2 aromatic carbocycles. The third-order valence-electron chi connectivity index (χ3n) is 4.11. The highest BCUT2D eigenvalue weighted by Gasteiger charge is 2.31. The molecular formula is C21H21F3N2O4. The van der Waals surface area contributed by atoms with Crippen molar-refractivity contribution in [3.8, 4) is 23.3 Å². The van der Waals surface area contributed by atoms with Crippen LogP contribution in [-0.2, 0) is 6.42 Å². The summed E-state index contributed by atoms with van der Waals surface area (Å²) in [5, 5.41) is 22.0. The number of nitrogens with zero attached hydrogens (tertiary/aromatic N) is 1. The summed E-state index contributed by atoms with van der Waals surface area (Å²) in [7, 11) is 0. The number of phenols is 1. The van der Waals surface area contributed by atoms with Gasteiger partial charge in [-0.3, -0.25) is 4.79 Å². The van der Waals surface area contributed by atoms with Gasteiger partial charge in [-0.2, -0.15) is 5.26 Å². The molecule has 0 unspecified atom stereocenters. The van der Waals surface area contributed by atoms with E-state index < -0.39 is 23.6 Å². The van der Waals surface area contributed by atoms with E-state index in [1.165, 1.54) is 13.0 Å². The van der Waals surface area contributed by atoms with E-state index in [0.29, 0.717) is 17.7 Å². The summed E-state index contributed by atoms with van der Waals surface area (Å²) in [6.45, 7) is 3.19. The van der Waals surface area contributed by atoms with Crippen LogP contribution < -0.4 is 14.8 Å². The van der Waals surface area contributed by atoms with E-state index in [0.717, 1.165) is 30.7 Å². The van der Waals surface area contributed by atoms with Crippen molar-refractivity contribution in [3.05, 3.63) is 53.6 Å². The number of ether oxygens (including phenoxy) is 2. The van der Waals surface area contributed by atoms with Crippen molar-refractivity contribution >= 4 is 5.91 Å². The summed E-state index contributed by atoms with van der Waals surface area (Å²) >= 11 is 0. The predicted octanol–water partition coefficient (Wildman–Crippen LogP) is 4.33. The van der Waals surface area contributed by atoms with Crippen molar-refractivity contribution in [3.63, 3.8) is 0 Å². The zero-order valence-corrected chi connectivity index (χ0v) is 16.4. The molecule has 0 aliphatic rings. The first-order chi connectivity index (χ1) is 14.1. The highest BCUT2D eigenvalue weighted by atomic mass is 19.4. The average molecular weight is 422 g/mol. The van der Waals surface area contributed by atoms with Crippen LogP contribution in [0.15, 0.2) is 42.5 Å². The minimum atomic E-state index is -4.83. The summed E-state index contributed by atoms with van der Waals surface area (Å²) < 4.78 is 46.1. The van der Waals surface area contributed by atoms with Crippen molar-refractivity contribution in [1.82, 2.24) is 5.32 Å². The molecule has 2 rings (SSSR count). The molecule has 0 radical (unpaired) electrons. The molecule has 30 heavy (non-hydrogen) atoms. The van der Waals surface area contributed by atoms with Crippen molar-refractivity contribution < 1.29 is 32.5 Å². The van der Waals surface area contributed by atoms with Gasteiger partial charge >= 0.3 is 6.36 Å². The van der Waals surface area contributed by atoms with E-state index in [4.69, 9.17) is 4.74 Å². The van der Waals surface area contributed by atoms with Crippen LogP contribution in [0.5, 0.6) is 17.2 Å². The summed E-state index contributed by atoms with van der Waals surface area (Å²) in [6, 6.07) is 11.1. The number of hydrogen-bond donors (Lipinski definition) is 2. The Kier molecular flexibility index (Phi) is 7.16. The van der Waals surface area contributed by atoms with E-state index in [1.54, 1.807) is 12.1 Å². The number of aromatic hydroxyl groups is 1. The van der Waals surface area contributed by atoms with Crippen LogP contribution in [0.2, 0.25) is 0 Å². The lowest BCUT2D eigenvalue weighted by molar-refractivity contribution is -0.274. The van der Waals surface area contributed by atoms with Crippen LogP contribution >= 0.6 is 0 Å². The van der Waals surface area contributed by atoms with Gasteiger partial charge in [-0.1, -0.05) is 19.4 Å². The van der Waals surface area contributed by atoms with Crippen LogP contribution in [0, 0.1) is 11.3 Å². The molecule has 1 amide bonds. The molecule has 9 heteroatoms. The van der Waals surface area contributed by atoms with Crippen molar-refractivity contribution in [2.75, 3.05) is 6.61 Å². The maximum absolute atomic E-state index is 12.4. The third-order valence-corrected chi connectivity index (χ3v) is 4.11. The van der Waals surface area contributed by atoms with Crippen LogP contribution in [0.1, 0.15) is 36.2 Å². The number of halogens is 3. The molecular weight excluding hydrogens is 401 g/mol. The van der Waals surface area contributed by atoms with Gasteiger partial charge in [-0.15, -0.1) is 13.2 Å². The number of rotatable bonds is 8. The number of nitrogens with one attached hydrogen (secondary N) is 1. The standard InChI is InChI=1S/C21H21F3N2O4/c1-3-5-16-17(27)6-4-7-18(16)29-13-20(2,12-25)26-19(28)14-8-10-15(11-9-14)30-21(22,23)24/h4,6-11,27H,3,5,13H2,1-2H3,(H,26,28)/t20-/m0/s1. The fourth-order valence-electron chi connectivity index (χ4n) is 2.64. The van der Waals surface area contributed by atoms with Crippen LogP contribution in [0.25, 0.3) is 0 Å². The SMILES string of the molecule is CCCc1c(O)cccc1OC[C@](C)(C#N)NC(=O)c1ccc(OC(F)(F)F)cc1. The Morgan fingerprint density at radius 2 is 1.87 bits per heavy atom. The molecule has 0 bridgehead atoms. The highest BCUT2D eigenvalue weighted by Crippen LogP contribution is 2.29. The molecule has 0 saturated carbocycles. The topological polar surface area (TPSA) is 91.6 Å². The van der Waals surface area contributed by atoms with Crippen LogP contribution in [0.4, 0.5) is 13.2 Å². The second-order valence-corrected chi connectivity index (χ2v) is 6.76. The first-order valence-corrected chi connectivity index (χ1v) is 9.10. The fourth-order valence-corrected chi connectivity index (χ4v) is 2.64. The molecule has 0 saturated heterocycles. The lowest BCUT2D eigenvalue weighted by Crippen LogP contribution is -2.49. The van der Waals surface area contributed by atoms with Crippen molar-refractivity contribution in [2.24, 2.45) is 0 Å². The number of carbonyl (C=O) groups is 1. The maximum atomic E-state index is 12.4. The smallest absolute Gasteiger partial charge is 0.508 e. The number of hydrogen-bond acceptors (Lipinski definition) is 5. The minimum absolute atomic E-state index is 0.0510. The number of benzene rings is 2. The first-order valence-electron chi connectivity index (χ1n) is 9.10. The molecule has 2 aromatic rings. The number of amides is 1. The Hall–Kier alpha value is -3.41. The molecule has 0 aliphatic carbocycles. The van der Waals surface area contributed by atoms with E-state index in [2.05, 4.69) is 10.1 Å². The van der Waals surface area contributed by atoms with Gasteiger partial charge in [0.25, 0.3) is 5.91 Å². The number of phenolic OH excluding ortho intramolecular Hbond substituents is 1. The summed E-state index contributed by atoms with van der Waals surface area (Å²) in [5.74, 6) is -0.636. The van der Waals surface area contributed by atoms with Gasteiger partial charge in [-0.25, -0.2) is 0 Å². The molecule has 160 valence electrons. The van der Waals surface area contributed by atoms with Crippen LogP contribution in [-0.4, -0.2) is 29.5 Å². The Morgan fingerprint density at radius 1 is 1.20 bits per heavy atom. The van der Waals surface area contributed by atoms with E-state index >= 15 is 0 Å². The highest BCUT2D eigenvalue weighted by molar-refractivity contribution is 5.95. The second-order valence-electron chi connectivity index (χ2n) is 6.76. The van der Waals surface area contributed by atoms with E-state index in [1.807, 2.05) is 13.0 Å². The van der Waals surface area contributed by atoms with Gasteiger partial charge in [0.15, 0.2) is 5.54 Å². The van der Waals surface area contributed by atoms with E-state index in [9.17, 15) is 28.3 Å². The molecule has 0 fully saturated rings. The quantitative estimate of drug-likeness (QED) is 0.661. The lowest BCUT2D eigenvalue weighted by atomic mass is 10.0. The number of nitriles is 1. The Labute approximate surface area is 171 Å². The van der Waals surface area contributed by atoms with Gasteiger partial charge in [0.05, 0.1) is 6.07 Å². The first kappa shape index (κ1) is 22.9. The average Bonchev–Trinajstić information content (AvgIpc) is 2.68. The van der Waals surface area contributed by atoms with E-state index in [-0.39, 0.29) is 17.9 Å². The summed E-state index contributed by atoms with van der Waals surface area (Å²) in [4.78, 5) is 12.4. The van der Waals surface area contributed by atoms with Gasteiger partial charge < -0.3 is 19.9 Å². The van der Waals surface area contributed by atoms with Crippen molar-refractivity contribution in [2.45, 2.75) is 38.6 Å². The van der Waals surface area contributed by atoms with Crippen LogP contribution in [0.3, 0.4) is 0 Å². The minimum Gasteiger partial charge on any atom is -0.508 e. The third kappa shape index (κ3) is 6.30. The molecule has 2 N–H and O–H groups in total. The van der Waals surface area contributed by atoms with Gasteiger partial charge in [0, 0.05) is 11.1 Å². The fraction of sp³-hybridized carbons (Fsp3) is 0.333. The Bertz CT molecular complexity index is 923. The predicted molar refractivity (Wildman–Crippen MR) is 102 cm³/mol. The second kappa shape index (κ2) is 9.39. The zero-order valence-electron chi connectivity index (χ0n) is 16.4. The monoisotopic (exact) mass is 422 g/mol. The largest absolute Gasteiger partial charge is 0.573 e. The van der Waals surface area contributed by atoms with Crippen molar-refractivity contribution in [1.29, 1.82) is 5.26 Å². The molecule has 6 nitrogen and oxygen atoms in total. The Balaban J connectivity index is 2.08. The molecule has 0 heterocycles. The molecule has 0 aliphatic heterocycles. The van der Waals surface area contributed by atoms with Gasteiger partial charge in [0.2, 0.25) is 0 Å². The molecule has 0 aromatic heterocycles. The summed E-state index contributed by atoms with van der Waals surface area (Å²) in [5.41, 5.74) is -0.769. The maximum Gasteiger partial charge on any atom is 0.573 e. The van der Waals surface area contributed by atoms with Gasteiger partial charge in [-0.05, 0) is 49.7 Å². The van der Waals surface area contributed by atoms with Gasteiger partial charge in [0.1, 0.15) is 23.9 Å². The zero-order chi connectivity index (χ0) is 22.4. The Morgan fingerprint density at radius 3 is 2.43 bits per heavy atom. The number of carbonyl (C=O) groups excluding carboxylic acids is 1. The molecule has 1 atom stereocenters. The lowest BCUT2D eigenvalue weighted by Gasteiger charge is -2.24. The molecule has 0 spiro atoms. The normalized spacial score (nSPS) is 13.1.